The lowest BCUT2D eigenvalue weighted by atomic mass is 10.1. The predicted molar refractivity (Wildman–Crippen MR) is 74.6 cm³/mol. The van der Waals surface area contributed by atoms with Crippen molar-refractivity contribution in [2.75, 3.05) is 13.7 Å². The van der Waals surface area contributed by atoms with Crippen molar-refractivity contribution >= 4 is 23.0 Å². The van der Waals surface area contributed by atoms with Gasteiger partial charge in [0.1, 0.15) is 5.75 Å². The molecule has 0 bridgehead atoms. The average Bonchev–Trinajstić information content (AvgIpc) is 2.36. The van der Waals surface area contributed by atoms with Gasteiger partial charge in [-0.2, -0.15) is 5.10 Å². The summed E-state index contributed by atoms with van der Waals surface area (Å²) in [7, 11) is 1.64. The molecule has 0 unspecified atom stereocenters. The maximum Gasteiger partial charge on any atom is 0.186 e. The van der Waals surface area contributed by atoms with Crippen molar-refractivity contribution in [3.63, 3.8) is 0 Å². The first-order valence-corrected chi connectivity index (χ1v) is 5.80. The highest BCUT2D eigenvalue weighted by Crippen LogP contribution is 2.12. The van der Waals surface area contributed by atoms with Crippen molar-refractivity contribution in [1.82, 2.24) is 10.7 Å². The average molecular weight is 251 g/mol. The highest BCUT2D eigenvalue weighted by Gasteiger charge is 1.99. The van der Waals surface area contributed by atoms with E-state index in [4.69, 9.17) is 17.0 Å². The number of hydrazone groups is 1. The van der Waals surface area contributed by atoms with Gasteiger partial charge in [-0.1, -0.05) is 12.1 Å². The molecular weight excluding hydrogens is 234 g/mol. The van der Waals surface area contributed by atoms with Crippen LogP contribution in [-0.2, 0) is 0 Å². The number of thiocarbonyl (C=S) groups is 1. The van der Waals surface area contributed by atoms with E-state index in [2.05, 4.69) is 15.8 Å². The standard InChI is InChI=1S/C12H17N3OS/c1-4-13-12(17)15-14-9(2)10-6-5-7-11(8-10)16-3/h5-8H,4H2,1-3H3,(H2,13,15,17)/b14-9-. The monoisotopic (exact) mass is 251 g/mol. The van der Waals surface area contributed by atoms with E-state index in [9.17, 15) is 0 Å². The van der Waals surface area contributed by atoms with Gasteiger partial charge < -0.3 is 10.1 Å². The third-order valence-electron chi connectivity index (χ3n) is 2.15. The molecular formula is C12H17N3OS. The molecule has 92 valence electrons. The lowest BCUT2D eigenvalue weighted by Gasteiger charge is -2.06. The van der Waals surface area contributed by atoms with Crippen LogP contribution in [0.3, 0.4) is 0 Å². The Hall–Kier alpha value is -1.62. The quantitative estimate of drug-likeness (QED) is 0.487. The van der Waals surface area contributed by atoms with Crippen LogP contribution in [0, 0.1) is 0 Å². The van der Waals surface area contributed by atoms with E-state index in [0.717, 1.165) is 23.6 Å². The van der Waals surface area contributed by atoms with Crippen LogP contribution in [0.15, 0.2) is 29.4 Å². The summed E-state index contributed by atoms with van der Waals surface area (Å²) in [6.07, 6.45) is 0. The van der Waals surface area contributed by atoms with E-state index in [-0.39, 0.29) is 0 Å². The van der Waals surface area contributed by atoms with Gasteiger partial charge in [-0.05, 0) is 38.2 Å². The molecule has 0 amide bonds. The Morgan fingerprint density at radius 3 is 2.88 bits per heavy atom. The zero-order valence-corrected chi connectivity index (χ0v) is 11.1. The molecule has 1 aromatic carbocycles. The van der Waals surface area contributed by atoms with Crippen LogP contribution in [0.5, 0.6) is 5.75 Å². The van der Waals surface area contributed by atoms with E-state index in [0.29, 0.717) is 5.11 Å². The van der Waals surface area contributed by atoms with Gasteiger partial charge in [-0.15, -0.1) is 0 Å². The maximum absolute atomic E-state index is 5.16. The molecule has 4 nitrogen and oxygen atoms in total. The van der Waals surface area contributed by atoms with E-state index in [1.807, 2.05) is 38.1 Å². The molecule has 0 spiro atoms. The van der Waals surface area contributed by atoms with Gasteiger partial charge in [0.25, 0.3) is 0 Å². The van der Waals surface area contributed by atoms with Crippen molar-refractivity contribution < 1.29 is 4.74 Å². The van der Waals surface area contributed by atoms with E-state index < -0.39 is 0 Å². The fourth-order valence-corrected chi connectivity index (χ4v) is 1.44. The van der Waals surface area contributed by atoms with Crippen LogP contribution in [0.4, 0.5) is 0 Å². The second-order valence-corrected chi connectivity index (χ2v) is 3.81. The summed E-state index contributed by atoms with van der Waals surface area (Å²) in [6.45, 7) is 4.67. The minimum Gasteiger partial charge on any atom is -0.497 e. The van der Waals surface area contributed by atoms with Crippen molar-refractivity contribution in [2.24, 2.45) is 5.10 Å². The fraction of sp³-hybridized carbons (Fsp3) is 0.333. The van der Waals surface area contributed by atoms with Crippen LogP contribution in [0.2, 0.25) is 0 Å². The Bertz CT molecular complexity index is 418. The van der Waals surface area contributed by atoms with Crippen LogP contribution >= 0.6 is 12.2 Å². The Balaban J connectivity index is 2.70. The van der Waals surface area contributed by atoms with Crippen LogP contribution < -0.4 is 15.5 Å². The Morgan fingerprint density at radius 2 is 2.24 bits per heavy atom. The summed E-state index contributed by atoms with van der Waals surface area (Å²) < 4.78 is 5.16. The van der Waals surface area contributed by atoms with Gasteiger partial charge in [0.15, 0.2) is 5.11 Å². The normalized spacial score (nSPS) is 10.9. The van der Waals surface area contributed by atoms with Gasteiger partial charge in [-0.3, -0.25) is 5.43 Å². The molecule has 0 aromatic heterocycles. The maximum atomic E-state index is 5.16. The number of nitrogens with one attached hydrogen (secondary N) is 2. The van der Waals surface area contributed by atoms with E-state index >= 15 is 0 Å². The molecule has 5 heteroatoms. The molecule has 0 heterocycles. The summed E-state index contributed by atoms with van der Waals surface area (Å²) in [5.74, 6) is 0.811. The second-order valence-electron chi connectivity index (χ2n) is 3.40. The number of methoxy groups -OCH3 is 1. The van der Waals surface area contributed by atoms with Gasteiger partial charge in [-0.25, -0.2) is 0 Å². The van der Waals surface area contributed by atoms with Crippen LogP contribution in [0.1, 0.15) is 19.4 Å². The molecule has 17 heavy (non-hydrogen) atoms. The van der Waals surface area contributed by atoms with Crippen molar-refractivity contribution in [3.05, 3.63) is 29.8 Å². The highest BCUT2D eigenvalue weighted by molar-refractivity contribution is 7.80. The Kier molecular flexibility index (Phi) is 5.42. The molecule has 0 fully saturated rings. The van der Waals surface area contributed by atoms with Gasteiger partial charge in [0.2, 0.25) is 0 Å². The zero-order chi connectivity index (χ0) is 12.7. The molecule has 0 saturated heterocycles. The highest BCUT2D eigenvalue weighted by atomic mass is 32.1. The number of nitrogens with zero attached hydrogens (tertiary/aromatic N) is 1. The Labute approximate surface area is 107 Å². The van der Waals surface area contributed by atoms with E-state index in [1.54, 1.807) is 7.11 Å². The number of ether oxygens (including phenoxy) is 1. The summed E-state index contributed by atoms with van der Waals surface area (Å²) in [6, 6.07) is 7.72. The van der Waals surface area contributed by atoms with Crippen molar-refractivity contribution in [2.45, 2.75) is 13.8 Å². The molecule has 0 saturated carbocycles. The van der Waals surface area contributed by atoms with Crippen molar-refractivity contribution in [3.8, 4) is 5.75 Å². The SMILES string of the molecule is CCNC(=S)N/N=C(/C)c1cccc(OC)c1. The molecule has 2 N–H and O–H groups in total. The van der Waals surface area contributed by atoms with E-state index in [1.165, 1.54) is 0 Å². The van der Waals surface area contributed by atoms with Gasteiger partial charge in [0.05, 0.1) is 12.8 Å². The number of hydrogen-bond acceptors (Lipinski definition) is 3. The molecule has 0 aliphatic carbocycles. The first-order valence-electron chi connectivity index (χ1n) is 5.40. The summed E-state index contributed by atoms with van der Waals surface area (Å²) in [5, 5.41) is 7.68. The smallest absolute Gasteiger partial charge is 0.186 e. The summed E-state index contributed by atoms with van der Waals surface area (Å²) in [5.41, 5.74) is 4.63. The fourth-order valence-electron chi connectivity index (χ4n) is 1.25. The second kappa shape index (κ2) is 6.85. The number of hydrogen-bond donors (Lipinski definition) is 2. The molecule has 0 aliphatic rings. The largest absolute Gasteiger partial charge is 0.497 e. The first kappa shape index (κ1) is 13.4. The number of rotatable bonds is 4. The first-order chi connectivity index (χ1) is 8.17. The lowest BCUT2D eigenvalue weighted by molar-refractivity contribution is 0.414. The molecule has 0 radical (unpaired) electrons. The lowest BCUT2D eigenvalue weighted by Crippen LogP contribution is -2.32. The minimum absolute atomic E-state index is 0.523. The third-order valence-corrected chi connectivity index (χ3v) is 2.39. The van der Waals surface area contributed by atoms with Crippen LogP contribution in [0.25, 0.3) is 0 Å². The summed E-state index contributed by atoms with van der Waals surface area (Å²) >= 11 is 5.02. The molecule has 1 aromatic rings. The number of benzene rings is 1. The Morgan fingerprint density at radius 1 is 1.47 bits per heavy atom. The molecule has 1 rings (SSSR count). The molecule has 0 aliphatic heterocycles. The van der Waals surface area contributed by atoms with Crippen molar-refractivity contribution in [1.29, 1.82) is 0 Å². The summed E-state index contributed by atoms with van der Waals surface area (Å²) in [4.78, 5) is 0. The zero-order valence-electron chi connectivity index (χ0n) is 10.3. The topological polar surface area (TPSA) is 45.7 Å². The minimum atomic E-state index is 0.523. The van der Waals surface area contributed by atoms with Gasteiger partial charge in [0, 0.05) is 12.1 Å². The van der Waals surface area contributed by atoms with Gasteiger partial charge >= 0.3 is 0 Å². The molecule has 0 atom stereocenters. The third kappa shape index (κ3) is 4.40. The van der Waals surface area contributed by atoms with Crippen LogP contribution in [-0.4, -0.2) is 24.5 Å². The predicted octanol–water partition coefficient (Wildman–Crippen LogP) is 1.90.